The number of piperidine rings is 1. The van der Waals surface area contributed by atoms with Crippen LogP contribution in [0.4, 0.5) is 5.69 Å². The third kappa shape index (κ3) is 5.91. The molecule has 9 heteroatoms. The molecule has 7 nitrogen and oxygen atoms in total. The van der Waals surface area contributed by atoms with E-state index in [0.717, 1.165) is 35.7 Å². The fourth-order valence-corrected chi connectivity index (χ4v) is 7.47. The summed E-state index contributed by atoms with van der Waals surface area (Å²) in [6, 6.07) is 16.6. The van der Waals surface area contributed by atoms with Gasteiger partial charge >= 0.3 is 0 Å². The molecule has 2 heterocycles. The van der Waals surface area contributed by atoms with E-state index >= 15 is 0 Å². The maximum atomic E-state index is 13.4. The Morgan fingerprint density at radius 1 is 1.19 bits per heavy atom. The molecule has 2 atom stereocenters. The average molecular weight is 529 g/mol. The summed E-state index contributed by atoms with van der Waals surface area (Å²) in [6.45, 7) is 9.11. The number of aromatic nitrogens is 1. The van der Waals surface area contributed by atoms with Crippen LogP contribution in [-0.2, 0) is 16.6 Å². The van der Waals surface area contributed by atoms with Crippen molar-refractivity contribution in [3.8, 4) is 5.75 Å². The lowest BCUT2D eigenvalue weighted by Crippen LogP contribution is -2.45. The number of nitrogens with zero attached hydrogens (tertiary/aromatic N) is 2. The Kier molecular flexibility index (Phi) is 8.34. The van der Waals surface area contributed by atoms with Crippen LogP contribution < -0.4 is 19.7 Å². The number of hydrogen-bond acceptors (Lipinski definition) is 7. The Labute approximate surface area is 219 Å². The number of hydrogen-bond donors (Lipinski definition) is 2. The highest BCUT2D eigenvalue weighted by Gasteiger charge is 2.28. The van der Waals surface area contributed by atoms with Crippen LogP contribution in [0.3, 0.4) is 0 Å². The molecule has 2 N–H and O–H groups in total. The van der Waals surface area contributed by atoms with Crippen molar-refractivity contribution < 1.29 is 13.2 Å². The van der Waals surface area contributed by atoms with Crippen molar-refractivity contribution in [3.05, 3.63) is 70.4 Å². The molecule has 1 aromatic heterocycles. The summed E-state index contributed by atoms with van der Waals surface area (Å²) in [6.07, 6.45) is 2.17. The molecule has 0 amide bonds. The molecule has 0 bridgehead atoms. The smallest absolute Gasteiger partial charge is 0.275 e. The number of thiazole rings is 1. The predicted octanol–water partition coefficient (Wildman–Crippen LogP) is 4.96. The summed E-state index contributed by atoms with van der Waals surface area (Å²) in [5.41, 5.74) is 3.32. The second-order valence-corrected chi connectivity index (χ2v) is 12.9. The molecule has 1 aliphatic rings. The Hall–Kier alpha value is -2.46. The van der Waals surface area contributed by atoms with Crippen LogP contribution in [0.5, 0.6) is 5.75 Å². The highest BCUT2D eigenvalue weighted by molar-refractivity contribution is 7.94. The summed E-state index contributed by atoms with van der Waals surface area (Å²) < 4.78 is 34.5. The monoisotopic (exact) mass is 528 g/mol. The first kappa shape index (κ1) is 26.6. The second-order valence-electron chi connectivity index (χ2n) is 9.51. The second kappa shape index (κ2) is 11.3. The number of rotatable bonds is 9. The van der Waals surface area contributed by atoms with Crippen molar-refractivity contribution in [3.63, 3.8) is 0 Å². The van der Waals surface area contributed by atoms with Crippen molar-refractivity contribution in [1.29, 1.82) is 0 Å². The Balaban J connectivity index is 1.60. The van der Waals surface area contributed by atoms with Crippen molar-refractivity contribution >= 4 is 27.0 Å². The van der Waals surface area contributed by atoms with Crippen LogP contribution in [-0.4, -0.2) is 39.1 Å². The minimum Gasteiger partial charge on any atom is -0.491 e. The maximum absolute atomic E-state index is 13.4. The molecule has 1 saturated heterocycles. The van der Waals surface area contributed by atoms with Crippen molar-refractivity contribution in [1.82, 2.24) is 15.6 Å². The molecule has 0 saturated carbocycles. The Morgan fingerprint density at radius 2 is 1.94 bits per heavy atom. The highest BCUT2D eigenvalue weighted by Crippen LogP contribution is 2.32. The summed E-state index contributed by atoms with van der Waals surface area (Å²) in [5, 5.41) is 8.12. The van der Waals surface area contributed by atoms with Crippen LogP contribution in [0.25, 0.3) is 0 Å². The van der Waals surface area contributed by atoms with Crippen molar-refractivity contribution in [2.75, 3.05) is 17.9 Å². The molecule has 0 spiro atoms. The van der Waals surface area contributed by atoms with E-state index in [9.17, 15) is 8.42 Å². The van der Waals surface area contributed by atoms with E-state index in [2.05, 4.69) is 39.9 Å². The normalized spacial score (nSPS) is 18.4. The van der Waals surface area contributed by atoms with Gasteiger partial charge in [-0.05, 0) is 70.8 Å². The standard InChI is InChI=1S/C27H36N4O3S2/c1-18(2)34-25-14-13-23(31(5)36(32,33)27-19(3)30-20(4)35-27)16-22(25)17-29-24-12-9-15-28-26(24)21-10-7-6-8-11-21/h6-8,10-11,13-14,16,18,24,26,28-29H,9,12,15,17H2,1-5H3/t24?,26-/m0/s1. The topological polar surface area (TPSA) is 83.6 Å². The van der Waals surface area contributed by atoms with Gasteiger partial charge in [0.15, 0.2) is 4.21 Å². The van der Waals surface area contributed by atoms with Gasteiger partial charge in [-0.1, -0.05) is 30.3 Å². The van der Waals surface area contributed by atoms with Gasteiger partial charge in [0.05, 0.1) is 22.5 Å². The van der Waals surface area contributed by atoms with E-state index in [-0.39, 0.29) is 22.4 Å². The van der Waals surface area contributed by atoms with E-state index in [1.54, 1.807) is 20.0 Å². The lowest BCUT2D eigenvalue weighted by Gasteiger charge is -2.34. The lowest BCUT2D eigenvalue weighted by molar-refractivity contribution is 0.238. The van der Waals surface area contributed by atoms with Crippen LogP contribution in [0.15, 0.2) is 52.7 Å². The molecular weight excluding hydrogens is 492 g/mol. The molecule has 0 aliphatic carbocycles. The molecule has 194 valence electrons. The number of sulfonamides is 1. The van der Waals surface area contributed by atoms with Gasteiger partial charge in [-0.15, -0.1) is 11.3 Å². The van der Waals surface area contributed by atoms with Crippen molar-refractivity contribution in [2.45, 2.75) is 69.5 Å². The van der Waals surface area contributed by atoms with Gasteiger partial charge in [-0.3, -0.25) is 4.31 Å². The maximum Gasteiger partial charge on any atom is 0.275 e. The number of ether oxygens (including phenoxy) is 1. The number of anilines is 1. The molecule has 1 unspecified atom stereocenters. The van der Waals surface area contributed by atoms with Gasteiger partial charge in [-0.25, -0.2) is 13.4 Å². The third-order valence-corrected chi connectivity index (χ3v) is 9.84. The first-order valence-electron chi connectivity index (χ1n) is 12.4. The summed E-state index contributed by atoms with van der Waals surface area (Å²) in [4.78, 5) is 4.31. The quantitative estimate of drug-likeness (QED) is 0.409. The molecular formula is C27H36N4O3S2. The summed E-state index contributed by atoms with van der Waals surface area (Å²) in [7, 11) is -2.12. The molecule has 36 heavy (non-hydrogen) atoms. The van der Waals surface area contributed by atoms with Gasteiger partial charge in [0, 0.05) is 31.2 Å². The van der Waals surface area contributed by atoms with Gasteiger partial charge in [0.1, 0.15) is 5.75 Å². The third-order valence-electron chi connectivity index (χ3n) is 6.40. The molecule has 1 fully saturated rings. The van der Waals surface area contributed by atoms with E-state index < -0.39 is 10.0 Å². The zero-order chi connectivity index (χ0) is 25.9. The lowest BCUT2D eigenvalue weighted by atomic mass is 9.92. The SMILES string of the molecule is Cc1nc(C)c(S(=O)(=O)N(C)c2ccc(OC(C)C)c(CNC3CCCN[C@H]3c3ccccc3)c2)s1. The van der Waals surface area contributed by atoms with Gasteiger partial charge in [0.25, 0.3) is 10.0 Å². The summed E-state index contributed by atoms with van der Waals surface area (Å²) >= 11 is 1.20. The summed E-state index contributed by atoms with van der Waals surface area (Å²) in [5.74, 6) is 0.761. The van der Waals surface area contributed by atoms with Gasteiger partial charge in [-0.2, -0.15) is 0 Å². The first-order valence-corrected chi connectivity index (χ1v) is 14.7. The van der Waals surface area contributed by atoms with Crippen LogP contribution in [0, 0.1) is 13.8 Å². The molecule has 2 aromatic carbocycles. The molecule has 4 rings (SSSR count). The molecule has 3 aromatic rings. The zero-order valence-electron chi connectivity index (χ0n) is 21.6. The van der Waals surface area contributed by atoms with E-state index in [4.69, 9.17) is 4.74 Å². The molecule has 0 radical (unpaired) electrons. The first-order chi connectivity index (χ1) is 17.2. The van der Waals surface area contributed by atoms with Crippen molar-refractivity contribution in [2.24, 2.45) is 0 Å². The van der Waals surface area contributed by atoms with Gasteiger partial charge < -0.3 is 15.4 Å². The Morgan fingerprint density at radius 3 is 2.61 bits per heavy atom. The zero-order valence-corrected chi connectivity index (χ0v) is 23.2. The largest absolute Gasteiger partial charge is 0.491 e. The van der Waals surface area contributed by atoms with E-state index in [1.165, 1.54) is 21.2 Å². The molecule has 1 aliphatic heterocycles. The number of benzene rings is 2. The van der Waals surface area contributed by atoms with E-state index in [0.29, 0.717) is 17.9 Å². The van der Waals surface area contributed by atoms with Gasteiger partial charge in [0.2, 0.25) is 0 Å². The fraction of sp³-hybridized carbons (Fsp3) is 0.444. The fourth-order valence-electron chi connectivity index (χ4n) is 4.64. The minimum atomic E-state index is -3.72. The van der Waals surface area contributed by atoms with Crippen LogP contribution >= 0.6 is 11.3 Å². The van der Waals surface area contributed by atoms with Crippen LogP contribution in [0.1, 0.15) is 54.6 Å². The highest BCUT2D eigenvalue weighted by atomic mass is 32.2. The van der Waals surface area contributed by atoms with E-state index in [1.807, 2.05) is 39.0 Å². The van der Waals surface area contributed by atoms with Crippen LogP contribution in [0.2, 0.25) is 0 Å². The number of nitrogens with one attached hydrogen (secondary N) is 2. The minimum absolute atomic E-state index is 0.00675. The Bertz CT molecular complexity index is 1280. The number of aryl methyl sites for hydroxylation is 2. The average Bonchev–Trinajstić information content (AvgIpc) is 3.22. The predicted molar refractivity (Wildman–Crippen MR) is 146 cm³/mol.